The number of alkyl halides is 3. The molecule has 1 rings (SSSR count). The fraction of sp³-hybridized carbons (Fsp3) is 0.300. The maximum Gasteiger partial charge on any atom is 0.416 e. The van der Waals surface area contributed by atoms with Crippen molar-refractivity contribution in [1.82, 2.24) is 0 Å². The number of hydrogen-bond acceptors (Lipinski definition) is 2. The van der Waals surface area contributed by atoms with E-state index < -0.39 is 11.7 Å². The fourth-order valence-corrected chi connectivity index (χ4v) is 2.06. The first-order valence-corrected chi connectivity index (χ1v) is 5.69. The molecule has 0 nitrogen and oxygen atoms in total. The number of rotatable bonds is 2. The van der Waals surface area contributed by atoms with Crippen LogP contribution in [0, 0.1) is 0 Å². The van der Waals surface area contributed by atoms with Gasteiger partial charge < -0.3 is 0 Å². The van der Waals surface area contributed by atoms with E-state index in [0.29, 0.717) is 9.76 Å². The Morgan fingerprint density at radius 3 is 2.20 bits per heavy atom. The molecular weight excluding hydrogens is 241 g/mol. The van der Waals surface area contributed by atoms with Gasteiger partial charge in [0.15, 0.2) is 0 Å². The van der Waals surface area contributed by atoms with Crippen LogP contribution in [0.15, 0.2) is 24.3 Å². The van der Waals surface area contributed by atoms with Gasteiger partial charge in [0.25, 0.3) is 0 Å². The number of halogens is 3. The molecule has 0 unspecified atom stereocenters. The molecule has 0 saturated carbocycles. The quantitative estimate of drug-likeness (QED) is 0.724. The van der Waals surface area contributed by atoms with Crippen molar-refractivity contribution in [2.75, 3.05) is 5.75 Å². The zero-order valence-corrected chi connectivity index (χ0v) is 9.60. The van der Waals surface area contributed by atoms with Crippen molar-refractivity contribution in [1.29, 1.82) is 0 Å². The molecule has 0 fully saturated rings. The Morgan fingerprint density at radius 2 is 1.80 bits per heavy atom. The molecule has 1 aromatic rings. The van der Waals surface area contributed by atoms with Gasteiger partial charge in [-0.05, 0) is 23.4 Å². The predicted molar refractivity (Wildman–Crippen MR) is 61.3 cm³/mol. The van der Waals surface area contributed by atoms with Gasteiger partial charge in [-0.3, -0.25) is 0 Å². The maximum atomic E-state index is 12.2. The van der Waals surface area contributed by atoms with Gasteiger partial charge >= 0.3 is 6.18 Å². The minimum atomic E-state index is -4.28. The minimum Gasteiger partial charge on any atom is -0.166 e. The lowest BCUT2D eigenvalue weighted by Crippen LogP contribution is -2.05. The average molecular weight is 250 g/mol. The van der Waals surface area contributed by atoms with Gasteiger partial charge in [0.1, 0.15) is 0 Å². The predicted octanol–water partition coefficient (Wildman–Crippen LogP) is 4.13. The van der Waals surface area contributed by atoms with Crippen LogP contribution in [0.1, 0.15) is 18.1 Å². The highest BCUT2D eigenvalue weighted by Gasteiger charge is 2.29. The van der Waals surface area contributed by atoms with Crippen LogP contribution >= 0.6 is 24.0 Å². The highest BCUT2D eigenvalue weighted by Crippen LogP contribution is 2.29. The van der Waals surface area contributed by atoms with Crippen molar-refractivity contribution < 1.29 is 13.2 Å². The first-order chi connectivity index (χ1) is 6.95. The summed E-state index contributed by atoms with van der Waals surface area (Å²) in [6.45, 7) is 1.95. The van der Waals surface area contributed by atoms with E-state index in [-0.39, 0.29) is 0 Å². The summed E-state index contributed by atoms with van der Waals surface area (Å²) in [5.41, 5.74) is 0.0281. The maximum absolute atomic E-state index is 12.2. The average Bonchev–Trinajstić information content (AvgIpc) is 2.17. The fourth-order valence-electron chi connectivity index (χ4n) is 1.01. The molecule has 82 valence electrons. The molecule has 0 aliphatic heterocycles. The second kappa shape index (κ2) is 4.99. The highest BCUT2D eigenvalue weighted by molar-refractivity contribution is 8.23. The Labute approximate surface area is 95.9 Å². The van der Waals surface area contributed by atoms with Crippen LogP contribution in [0.4, 0.5) is 13.2 Å². The molecule has 0 heterocycles. The third kappa shape index (κ3) is 3.50. The van der Waals surface area contributed by atoms with Crippen LogP contribution in [0.25, 0.3) is 0 Å². The second-order valence-corrected chi connectivity index (χ2v) is 4.74. The zero-order valence-electron chi connectivity index (χ0n) is 7.97. The molecule has 0 N–H and O–H groups in total. The Bertz CT molecular complexity index is 341. The molecule has 15 heavy (non-hydrogen) atoms. The Hall–Kier alpha value is -0.550. The lowest BCUT2D eigenvalue weighted by Gasteiger charge is -2.07. The molecule has 0 aliphatic rings. The van der Waals surface area contributed by atoms with Gasteiger partial charge in [0, 0.05) is 0 Å². The number of thiocarbonyl (C=S) groups is 1. The molecule has 0 radical (unpaired) electrons. The molecule has 0 aromatic heterocycles. The van der Waals surface area contributed by atoms with E-state index in [1.807, 2.05) is 6.92 Å². The molecule has 0 amide bonds. The molecule has 0 bridgehead atoms. The Morgan fingerprint density at radius 1 is 1.27 bits per heavy atom. The topological polar surface area (TPSA) is 0 Å². The summed E-state index contributed by atoms with van der Waals surface area (Å²) in [6, 6.07) is 4.93. The van der Waals surface area contributed by atoms with Gasteiger partial charge in [-0.2, -0.15) is 13.2 Å². The van der Waals surface area contributed by atoms with Crippen molar-refractivity contribution in [2.45, 2.75) is 13.1 Å². The first-order valence-electron chi connectivity index (χ1n) is 4.29. The van der Waals surface area contributed by atoms with Crippen molar-refractivity contribution in [3.05, 3.63) is 35.4 Å². The van der Waals surface area contributed by atoms with E-state index in [4.69, 9.17) is 12.2 Å². The zero-order chi connectivity index (χ0) is 11.5. The minimum absolute atomic E-state index is 0.631. The van der Waals surface area contributed by atoms with Gasteiger partial charge in [0.2, 0.25) is 0 Å². The van der Waals surface area contributed by atoms with E-state index in [2.05, 4.69) is 0 Å². The first kappa shape index (κ1) is 12.5. The molecule has 0 saturated heterocycles. The molecule has 0 atom stereocenters. The van der Waals surface area contributed by atoms with E-state index in [1.54, 1.807) is 0 Å². The van der Waals surface area contributed by atoms with Crippen LogP contribution in [-0.2, 0) is 6.18 Å². The largest absolute Gasteiger partial charge is 0.416 e. The van der Waals surface area contributed by atoms with Crippen LogP contribution in [-0.4, -0.2) is 9.95 Å². The van der Waals surface area contributed by atoms with Crippen molar-refractivity contribution in [3.63, 3.8) is 0 Å². The molecular formula is C10H9F3S2. The summed E-state index contributed by atoms with van der Waals surface area (Å²) >= 11 is 6.49. The Balaban J connectivity index is 2.86. The summed E-state index contributed by atoms with van der Waals surface area (Å²) in [7, 11) is 0. The summed E-state index contributed by atoms with van der Waals surface area (Å²) in [6.07, 6.45) is -4.28. The molecule has 0 spiro atoms. The molecule has 5 heteroatoms. The van der Waals surface area contributed by atoms with Gasteiger partial charge in [0.05, 0.1) is 9.76 Å². The monoisotopic (exact) mass is 250 g/mol. The second-order valence-electron chi connectivity index (χ2n) is 2.80. The number of hydrogen-bond donors (Lipinski definition) is 0. The van der Waals surface area contributed by atoms with Crippen LogP contribution < -0.4 is 0 Å². The molecule has 0 aliphatic carbocycles. The number of thioether (sulfide) groups is 1. The highest BCUT2D eigenvalue weighted by atomic mass is 32.2. The lowest BCUT2D eigenvalue weighted by atomic mass is 10.1. The van der Waals surface area contributed by atoms with Gasteiger partial charge in [-0.15, -0.1) is 11.8 Å². The SMILES string of the molecule is CCSC(=S)c1ccc(C(F)(F)F)cc1. The van der Waals surface area contributed by atoms with E-state index in [0.717, 1.165) is 17.9 Å². The van der Waals surface area contributed by atoms with Crippen LogP contribution in [0.3, 0.4) is 0 Å². The standard InChI is InChI=1S/C10H9F3S2/c1-2-15-9(14)7-3-5-8(6-4-7)10(11,12)13/h3-6H,2H2,1H3. The van der Waals surface area contributed by atoms with E-state index in [1.165, 1.54) is 23.9 Å². The van der Waals surface area contributed by atoms with Crippen molar-refractivity contribution in [3.8, 4) is 0 Å². The van der Waals surface area contributed by atoms with Gasteiger partial charge in [-0.25, -0.2) is 0 Å². The summed E-state index contributed by atoms with van der Waals surface area (Å²) < 4.78 is 37.3. The van der Waals surface area contributed by atoms with E-state index >= 15 is 0 Å². The van der Waals surface area contributed by atoms with Crippen molar-refractivity contribution >= 4 is 28.2 Å². The van der Waals surface area contributed by atoms with Crippen LogP contribution in [0.2, 0.25) is 0 Å². The molecule has 1 aromatic carbocycles. The van der Waals surface area contributed by atoms with E-state index in [9.17, 15) is 13.2 Å². The summed E-state index contributed by atoms with van der Waals surface area (Å²) in [5, 5.41) is 0. The van der Waals surface area contributed by atoms with Crippen LogP contribution in [0.5, 0.6) is 0 Å². The summed E-state index contributed by atoms with van der Waals surface area (Å²) in [4.78, 5) is 0. The normalized spacial score (nSPS) is 11.5. The third-order valence-electron chi connectivity index (χ3n) is 1.72. The van der Waals surface area contributed by atoms with Gasteiger partial charge in [-0.1, -0.05) is 31.3 Å². The van der Waals surface area contributed by atoms with Crippen molar-refractivity contribution in [2.24, 2.45) is 0 Å². The number of benzene rings is 1. The summed E-state index contributed by atoms with van der Waals surface area (Å²) in [5.74, 6) is 0.819. The lowest BCUT2D eigenvalue weighted by molar-refractivity contribution is -0.137. The Kier molecular flexibility index (Phi) is 4.16. The smallest absolute Gasteiger partial charge is 0.166 e. The third-order valence-corrected chi connectivity index (χ3v) is 3.10.